The van der Waals surface area contributed by atoms with Crippen LogP contribution >= 0.6 is 0 Å². The molecule has 18 heavy (non-hydrogen) atoms. The van der Waals surface area contributed by atoms with Crippen LogP contribution in [0.2, 0.25) is 0 Å². The Labute approximate surface area is 102 Å². The topological polar surface area (TPSA) is 64.5 Å². The zero-order valence-corrected chi connectivity index (χ0v) is 9.28. The first kappa shape index (κ1) is 9.35. The quantitative estimate of drug-likeness (QED) is 0.465. The van der Waals surface area contributed by atoms with Gasteiger partial charge in [0.25, 0.3) is 0 Å². The molecule has 4 aromatic rings. The molecule has 0 N–H and O–H groups in total. The summed E-state index contributed by atoms with van der Waals surface area (Å²) in [6.07, 6.45) is 3.20. The second kappa shape index (κ2) is 3.40. The Bertz CT molecular complexity index is 888. The van der Waals surface area contributed by atoms with Crippen LogP contribution in [0.3, 0.4) is 0 Å². The minimum Gasteiger partial charge on any atom is -0.246 e. The van der Waals surface area contributed by atoms with Gasteiger partial charge in [-0.25, -0.2) is 15.0 Å². The van der Waals surface area contributed by atoms with Crippen molar-refractivity contribution in [2.75, 3.05) is 0 Å². The molecule has 0 fully saturated rings. The van der Waals surface area contributed by atoms with Crippen LogP contribution in [0.5, 0.6) is 0 Å². The molecule has 0 spiro atoms. The van der Waals surface area contributed by atoms with E-state index in [1.807, 2.05) is 30.3 Å². The van der Waals surface area contributed by atoms with Crippen LogP contribution in [0.4, 0.5) is 0 Å². The van der Waals surface area contributed by atoms with Crippen LogP contribution in [0.1, 0.15) is 0 Å². The lowest BCUT2D eigenvalue weighted by atomic mass is 10.1. The van der Waals surface area contributed by atoms with Gasteiger partial charge in [-0.15, -0.1) is 5.10 Å². The fourth-order valence-electron chi connectivity index (χ4n) is 2.08. The maximum Gasteiger partial charge on any atom is 0.116 e. The first-order valence-electron chi connectivity index (χ1n) is 5.54. The van der Waals surface area contributed by atoms with E-state index in [0.717, 1.165) is 33.0 Å². The molecule has 3 aromatic heterocycles. The number of pyridine rings is 1. The van der Waals surface area contributed by atoms with Gasteiger partial charge in [-0.05, 0) is 30.3 Å². The number of imidazole rings is 1. The van der Waals surface area contributed by atoms with Crippen LogP contribution in [0.25, 0.3) is 33.0 Å². The molecule has 0 radical (unpaired) electrons. The minimum absolute atomic E-state index is 0.753. The number of aromatic nitrogens is 5. The number of benzene rings is 1. The van der Waals surface area contributed by atoms with Gasteiger partial charge in [-0.1, -0.05) is 0 Å². The van der Waals surface area contributed by atoms with E-state index < -0.39 is 0 Å². The summed E-state index contributed by atoms with van der Waals surface area (Å²) in [7, 11) is 0. The van der Waals surface area contributed by atoms with Crippen molar-refractivity contribution in [3.8, 4) is 0 Å². The predicted octanol–water partition coefficient (Wildman–Crippen LogP) is 2.12. The van der Waals surface area contributed by atoms with Gasteiger partial charge < -0.3 is 0 Å². The monoisotopic (exact) mass is 233 g/mol. The van der Waals surface area contributed by atoms with Crippen molar-refractivity contribution in [3.05, 3.63) is 42.9 Å². The molecule has 0 saturated heterocycles. The van der Waals surface area contributed by atoms with E-state index in [-0.39, 0.29) is 0 Å². The van der Waals surface area contributed by atoms with Crippen LogP contribution in [0, 0.1) is 0 Å². The van der Waals surface area contributed by atoms with Crippen LogP contribution in [-0.2, 0) is 0 Å². The van der Waals surface area contributed by atoms with Crippen molar-refractivity contribution in [1.82, 2.24) is 25.1 Å². The van der Waals surface area contributed by atoms with E-state index in [1.54, 1.807) is 12.5 Å². The average molecular weight is 233 g/mol. The fraction of sp³-hybridized carbons (Fsp3) is 0. The van der Waals surface area contributed by atoms with E-state index >= 15 is 0 Å². The van der Waals surface area contributed by atoms with E-state index in [1.165, 1.54) is 0 Å². The number of hydrogen-bond acceptors (Lipinski definition) is 5. The van der Waals surface area contributed by atoms with Gasteiger partial charge in [-0.3, -0.25) is 0 Å². The van der Waals surface area contributed by atoms with Crippen molar-refractivity contribution in [1.29, 1.82) is 0 Å². The lowest BCUT2D eigenvalue weighted by Gasteiger charge is -1.98. The molecule has 5 nitrogen and oxygen atoms in total. The molecule has 0 atom stereocenters. The molecule has 0 aliphatic rings. The number of rotatable bonds is 0. The summed E-state index contributed by atoms with van der Waals surface area (Å²) < 4.78 is 0. The molecule has 3 heterocycles. The van der Waals surface area contributed by atoms with Gasteiger partial charge in [0.2, 0.25) is 0 Å². The summed E-state index contributed by atoms with van der Waals surface area (Å²) in [5.74, 6) is 0. The molecule has 5 heteroatoms. The maximum absolute atomic E-state index is 4.58. The van der Waals surface area contributed by atoms with Gasteiger partial charge in [0, 0.05) is 11.6 Å². The molecule has 0 saturated carbocycles. The molecule has 0 bridgehead atoms. The highest BCUT2D eigenvalue weighted by atomic mass is 15.1. The highest BCUT2D eigenvalue weighted by Gasteiger charge is 2.06. The van der Waals surface area contributed by atoms with E-state index in [2.05, 4.69) is 25.1 Å². The largest absolute Gasteiger partial charge is 0.246 e. The smallest absolute Gasteiger partial charge is 0.116 e. The maximum atomic E-state index is 4.58. The summed E-state index contributed by atoms with van der Waals surface area (Å²) >= 11 is 0. The summed E-state index contributed by atoms with van der Waals surface area (Å²) in [4.78, 5) is 13.0. The Morgan fingerprint density at radius 2 is 1.78 bits per heavy atom. The second-order valence-electron chi connectivity index (χ2n) is 3.99. The Morgan fingerprint density at radius 1 is 0.833 bits per heavy atom. The Hall–Kier alpha value is -2.69. The van der Waals surface area contributed by atoms with Gasteiger partial charge in [-0.2, -0.15) is 5.10 Å². The SMILES string of the molecule is c1cnnc2cc3c(ccc4ncnc43)nc2c1. The number of nitrogens with zero attached hydrogens (tertiary/aromatic N) is 5. The van der Waals surface area contributed by atoms with Crippen molar-refractivity contribution in [2.45, 2.75) is 0 Å². The molecule has 4 rings (SSSR count). The van der Waals surface area contributed by atoms with E-state index in [0.29, 0.717) is 0 Å². The van der Waals surface area contributed by atoms with Crippen molar-refractivity contribution in [2.24, 2.45) is 0 Å². The van der Waals surface area contributed by atoms with Crippen molar-refractivity contribution < 1.29 is 0 Å². The normalized spacial score (nSPS) is 11.3. The Balaban J connectivity index is 2.28. The third kappa shape index (κ3) is 1.24. The lowest BCUT2D eigenvalue weighted by molar-refractivity contribution is 1.09. The van der Waals surface area contributed by atoms with Crippen molar-refractivity contribution >= 4 is 33.0 Å². The molecular weight excluding hydrogens is 226 g/mol. The molecular formula is C13H7N5. The highest BCUT2D eigenvalue weighted by Crippen LogP contribution is 2.23. The summed E-state index contributed by atoms with van der Waals surface area (Å²) in [6.45, 7) is 0. The third-order valence-corrected chi connectivity index (χ3v) is 2.91. The Kier molecular flexibility index (Phi) is 1.77. The summed E-state index contributed by atoms with van der Waals surface area (Å²) in [5.41, 5.74) is 4.19. The summed E-state index contributed by atoms with van der Waals surface area (Å²) in [6, 6.07) is 9.57. The zero-order chi connectivity index (χ0) is 11.9. The zero-order valence-electron chi connectivity index (χ0n) is 9.28. The molecule has 1 aromatic carbocycles. The fourth-order valence-corrected chi connectivity index (χ4v) is 2.08. The average Bonchev–Trinajstić information content (AvgIpc) is 2.76. The minimum atomic E-state index is 0.753. The molecule has 0 aliphatic heterocycles. The molecule has 0 amide bonds. The van der Waals surface area contributed by atoms with Gasteiger partial charge in [0.1, 0.15) is 11.8 Å². The highest BCUT2D eigenvalue weighted by molar-refractivity contribution is 6.05. The van der Waals surface area contributed by atoms with E-state index in [9.17, 15) is 0 Å². The van der Waals surface area contributed by atoms with Crippen LogP contribution < -0.4 is 0 Å². The molecule has 84 valence electrons. The number of hydrogen-bond donors (Lipinski definition) is 0. The van der Waals surface area contributed by atoms with Gasteiger partial charge in [0.15, 0.2) is 0 Å². The third-order valence-electron chi connectivity index (χ3n) is 2.91. The molecule has 0 unspecified atom stereocenters. The van der Waals surface area contributed by atoms with E-state index in [4.69, 9.17) is 0 Å². The van der Waals surface area contributed by atoms with Gasteiger partial charge in [0.05, 0.1) is 22.1 Å². The Morgan fingerprint density at radius 3 is 2.78 bits per heavy atom. The second-order valence-corrected chi connectivity index (χ2v) is 3.99. The van der Waals surface area contributed by atoms with Crippen LogP contribution in [-0.4, -0.2) is 25.1 Å². The summed E-state index contributed by atoms with van der Waals surface area (Å²) in [5, 5.41) is 9.00. The first-order chi connectivity index (χ1) is 8.92. The predicted molar refractivity (Wildman–Crippen MR) is 67.9 cm³/mol. The first-order valence-corrected chi connectivity index (χ1v) is 5.54. The van der Waals surface area contributed by atoms with Gasteiger partial charge >= 0.3 is 0 Å². The number of fused-ring (bicyclic) bond motifs is 4. The lowest BCUT2D eigenvalue weighted by Crippen LogP contribution is -1.84. The van der Waals surface area contributed by atoms with Crippen molar-refractivity contribution in [3.63, 3.8) is 0 Å². The molecule has 0 aliphatic carbocycles. The van der Waals surface area contributed by atoms with Crippen LogP contribution in [0.15, 0.2) is 42.9 Å². The standard InChI is InChI=1S/C13H7N5/c1-2-10-12(18-16-5-1)6-8-9(17-10)3-4-11-13(8)15-7-14-11/h1-7H.